The fourth-order valence-electron chi connectivity index (χ4n) is 7.35. The molecule has 0 aliphatic rings. The molecule has 0 atom stereocenters. The summed E-state index contributed by atoms with van der Waals surface area (Å²) >= 11 is 0. The molecule has 0 amide bonds. The molecule has 53 heavy (non-hydrogen) atoms. The van der Waals surface area contributed by atoms with Gasteiger partial charge in [-0.3, -0.25) is 0 Å². The van der Waals surface area contributed by atoms with Crippen molar-refractivity contribution in [3.8, 4) is 51.1 Å². The Bertz CT molecular complexity index is 3000. The number of hydrogen-bond donors (Lipinski definition) is 0. The largest absolute Gasteiger partial charge is 0.436 e. The van der Waals surface area contributed by atoms with Crippen molar-refractivity contribution in [2.45, 2.75) is 0 Å². The molecular weight excluding hydrogens is 657 g/mol. The van der Waals surface area contributed by atoms with E-state index in [0.717, 1.165) is 77.5 Å². The molecule has 0 spiro atoms. The maximum absolute atomic E-state index is 6.23. The summed E-state index contributed by atoms with van der Waals surface area (Å²) in [6, 6.07) is 49.9. The summed E-state index contributed by atoms with van der Waals surface area (Å²) in [6.07, 6.45) is 3.07. The van der Waals surface area contributed by atoms with Crippen molar-refractivity contribution in [3.05, 3.63) is 158 Å². The van der Waals surface area contributed by atoms with Gasteiger partial charge in [0, 0.05) is 33.2 Å². The van der Waals surface area contributed by atoms with Gasteiger partial charge in [-0.1, -0.05) is 60.7 Å². The van der Waals surface area contributed by atoms with Gasteiger partial charge in [0.1, 0.15) is 23.7 Å². The molecule has 0 saturated carbocycles. The Kier molecular flexibility index (Phi) is 6.38. The zero-order valence-electron chi connectivity index (χ0n) is 28.0. The monoisotopic (exact) mass is 682 g/mol. The van der Waals surface area contributed by atoms with E-state index in [2.05, 4.69) is 117 Å². The zero-order valence-corrected chi connectivity index (χ0v) is 28.0. The number of para-hydroxylation sites is 4. The lowest BCUT2D eigenvalue weighted by Crippen LogP contribution is -1.97. The van der Waals surface area contributed by atoms with Crippen LogP contribution in [0.5, 0.6) is 0 Å². The minimum atomic E-state index is 0.569. The third-order valence-electron chi connectivity index (χ3n) is 9.86. The first-order valence-corrected chi connectivity index (χ1v) is 17.3. The van der Waals surface area contributed by atoms with E-state index in [4.69, 9.17) is 18.8 Å². The second-order valence-corrected chi connectivity index (χ2v) is 13.1. The summed E-state index contributed by atoms with van der Waals surface area (Å²) in [6.45, 7) is 0. The third-order valence-corrected chi connectivity index (χ3v) is 9.86. The Balaban J connectivity index is 1.17. The second-order valence-electron chi connectivity index (χ2n) is 13.1. The fraction of sp³-hybridized carbons (Fsp3) is 0. The van der Waals surface area contributed by atoms with Gasteiger partial charge in [0.05, 0.1) is 11.0 Å². The first-order chi connectivity index (χ1) is 26.2. The first kappa shape index (κ1) is 29.3. The molecule has 0 bridgehead atoms. The molecular formula is C45H26N6O2. The van der Waals surface area contributed by atoms with E-state index in [1.54, 1.807) is 0 Å². The highest BCUT2D eigenvalue weighted by Crippen LogP contribution is 2.40. The molecule has 11 aromatic rings. The number of hydrogen-bond acceptors (Lipinski definition) is 7. The molecule has 8 heteroatoms. The van der Waals surface area contributed by atoms with Gasteiger partial charge in [0.25, 0.3) is 0 Å². The lowest BCUT2D eigenvalue weighted by atomic mass is 9.98. The Hall–Kier alpha value is -7.45. The fourth-order valence-corrected chi connectivity index (χ4v) is 7.35. The molecule has 4 aromatic heterocycles. The average molecular weight is 683 g/mol. The van der Waals surface area contributed by atoms with Crippen LogP contribution in [0.15, 0.2) is 167 Å². The van der Waals surface area contributed by atoms with Crippen LogP contribution in [0.25, 0.3) is 106 Å². The minimum absolute atomic E-state index is 0.569. The van der Waals surface area contributed by atoms with E-state index in [1.807, 2.05) is 48.5 Å². The van der Waals surface area contributed by atoms with Crippen molar-refractivity contribution in [1.82, 2.24) is 29.5 Å². The smallest absolute Gasteiger partial charge is 0.227 e. The summed E-state index contributed by atoms with van der Waals surface area (Å²) in [5.74, 6) is 1.74. The van der Waals surface area contributed by atoms with Crippen LogP contribution in [0.4, 0.5) is 0 Å². The number of aromatic nitrogens is 6. The highest BCUT2D eigenvalue weighted by Gasteiger charge is 2.19. The average Bonchev–Trinajstić information content (AvgIpc) is 3.94. The van der Waals surface area contributed by atoms with E-state index >= 15 is 0 Å². The van der Waals surface area contributed by atoms with Gasteiger partial charge in [-0.25, -0.2) is 24.9 Å². The van der Waals surface area contributed by atoms with Crippen LogP contribution in [0.1, 0.15) is 0 Å². The molecule has 0 saturated heterocycles. The van der Waals surface area contributed by atoms with E-state index in [0.29, 0.717) is 17.6 Å². The zero-order chi connectivity index (χ0) is 34.9. The normalized spacial score (nSPS) is 11.8. The van der Waals surface area contributed by atoms with Gasteiger partial charge < -0.3 is 13.4 Å². The molecule has 0 aliphatic carbocycles. The van der Waals surface area contributed by atoms with Crippen LogP contribution in [0, 0.1) is 0 Å². The van der Waals surface area contributed by atoms with Gasteiger partial charge in [0.2, 0.25) is 11.8 Å². The summed E-state index contributed by atoms with van der Waals surface area (Å²) in [4.78, 5) is 22.8. The van der Waals surface area contributed by atoms with Crippen molar-refractivity contribution in [1.29, 1.82) is 0 Å². The van der Waals surface area contributed by atoms with E-state index in [9.17, 15) is 0 Å². The van der Waals surface area contributed by atoms with Gasteiger partial charge in [-0.15, -0.1) is 0 Å². The molecule has 8 nitrogen and oxygen atoms in total. The number of fused-ring (bicyclic) bond motifs is 6. The van der Waals surface area contributed by atoms with E-state index in [1.165, 1.54) is 23.4 Å². The Morgan fingerprint density at radius 2 is 1.00 bits per heavy atom. The molecule has 7 aromatic carbocycles. The van der Waals surface area contributed by atoms with Crippen LogP contribution in [0.3, 0.4) is 0 Å². The molecule has 0 radical (unpaired) electrons. The predicted octanol–water partition coefficient (Wildman–Crippen LogP) is 11.1. The molecule has 0 N–H and O–H groups in total. The highest BCUT2D eigenvalue weighted by molar-refractivity contribution is 6.11. The topological polar surface area (TPSA) is 95.7 Å². The molecule has 0 unspecified atom stereocenters. The third kappa shape index (κ3) is 4.88. The van der Waals surface area contributed by atoms with Crippen molar-refractivity contribution < 1.29 is 8.83 Å². The highest BCUT2D eigenvalue weighted by atomic mass is 16.4. The van der Waals surface area contributed by atoms with Crippen molar-refractivity contribution >= 4 is 54.8 Å². The van der Waals surface area contributed by atoms with Crippen LogP contribution in [-0.2, 0) is 0 Å². The van der Waals surface area contributed by atoms with Crippen molar-refractivity contribution in [2.75, 3.05) is 0 Å². The van der Waals surface area contributed by atoms with Crippen LogP contribution >= 0.6 is 0 Å². The van der Waals surface area contributed by atoms with Crippen molar-refractivity contribution in [2.24, 2.45) is 0 Å². The van der Waals surface area contributed by atoms with Gasteiger partial charge in [0.15, 0.2) is 17.0 Å². The molecule has 11 rings (SSSR count). The Morgan fingerprint density at radius 1 is 0.434 bits per heavy atom. The summed E-state index contributed by atoms with van der Waals surface area (Å²) in [5.41, 5.74) is 10.9. The Labute approximate surface area is 301 Å². The summed E-state index contributed by atoms with van der Waals surface area (Å²) in [7, 11) is 0. The quantitative estimate of drug-likeness (QED) is 0.178. The minimum Gasteiger partial charge on any atom is -0.436 e. The van der Waals surface area contributed by atoms with E-state index < -0.39 is 0 Å². The van der Waals surface area contributed by atoms with Gasteiger partial charge in [-0.05, 0) is 107 Å². The van der Waals surface area contributed by atoms with Crippen LogP contribution in [-0.4, -0.2) is 29.5 Å². The van der Waals surface area contributed by atoms with Crippen LogP contribution in [0.2, 0.25) is 0 Å². The maximum Gasteiger partial charge on any atom is 0.227 e. The lowest BCUT2D eigenvalue weighted by molar-refractivity contribution is 0.619. The molecule has 248 valence electrons. The van der Waals surface area contributed by atoms with E-state index in [-0.39, 0.29) is 0 Å². The lowest BCUT2D eigenvalue weighted by Gasteiger charge is -2.14. The SMILES string of the molecule is c1ccc2cc(-c3cc(-c4ncncn4)cc(-n4c5ccc(-c6nc7ccccc7o6)cc5c5cc(-c6nc7ccccc7o6)ccc54)c3)ccc2c1. The second kappa shape index (κ2) is 11.5. The number of rotatable bonds is 5. The predicted molar refractivity (Wildman–Crippen MR) is 209 cm³/mol. The molecule has 0 fully saturated rings. The Morgan fingerprint density at radius 3 is 1.64 bits per heavy atom. The van der Waals surface area contributed by atoms with Crippen LogP contribution < -0.4 is 0 Å². The van der Waals surface area contributed by atoms with Gasteiger partial charge >= 0.3 is 0 Å². The van der Waals surface area contributed by atoms with Gasteiger partial charge in [-0.2, -0.15) is 0 Å². The first-order valence-electron chi connectivity index (χ1n) is 17.3. The summed E-state index contributed by atoms with van der Waals surface area (Å²) < 4.78 is 14.8. The molecule has 0 aliphatic heterocycles. The van der Waals surface area contributed by atoms with Crippen molar-refractivity contribution in [3.63, 3.8) is 0 Å². The summed E-state index contributed by atoms with van der Waals surface area (Å²) in [5, 5.41) is 4.44. The number of nitrogens with zero attached hydrogens (tertiary/aromatic N) is 6. The standard InChI is InChI=1S/C45H26N6O2/c1-2-8-28-19-29(14-13-27(28)7-1)32-20-33(43-47-25-46-26-48-43)22-34(21-32)51-39-17-15-30(44-49-37-9-3-5-11-41(37)52-44)23-35(39)36-24-31(16-18-40(36)51)45-50-38-10-4-6-12-42(38)53-45/h1-26H. The maximum atomic E-state index is 6.23. The number of benzene rings is 7. The number of oxazole rings is 2. The molecule has 4 heterocycles.